The first-order valence-corrected chi connectivity index (χ1v) is 7.11. The van der Waals surface area contributed by atoms with Gasteiger partial charge in [-0.05, 0) is 36.8 Å². The van der Waals surface area contributed by atoms with E-state index in [0.29, 0.717) is 23.3 Å². The third-order valence-electron chi connectivity index (χ3n) is 4.00. The van der Waals surface area contributed by atoms with Crippen molar-refractivity contribution in [2.45, 2.75) is 25.6 Å². The van der Waals surface area contributed by atoms with Crippen LogP contribution < -0.4 is 4.74 Å². The number of methoxy groups -OCH3 is 1. The molecule has 1 aliphatic heterocycles. The van der Waals surface area contributed by atoms with Crippen LogP contribution in [0, 0.1) is 6.92 Å². The minimum atomic E-state index is -0.601. The molecule has 2 unspecified atom stereocenters. The maximum absolute atomic E-state index is 10.2. The van der Waals surface area contributed by atoms with Crippen molar-refractivity contribution < 1.29 is 29.9 Å². The molecule has 0 amide bonds. The van der Waals surface area contributed by atoms with Crippen molar-refractivity contribution in [1.29, 1.82) is 4.29 Å². The van der Waals surface area contributed by atoms with Gasteiger partial charge in [-0.2, -0.15) is 0 Å². The van der Waals surface area contributed by atoms with Crippen LogP contribution in [0.4, 0.5) is 0 Å². The topological polar surface area (TPSA) is 99.4 Å². The zero-order valence-corrected chi connectivity index (χ0v) is 12.7. The summed E-state index contributed by atoms with van der Waals surface area (Å²) in [5, 5.41) is 23.6. The number of hydrogen-bond acceptors (Lipinski definition) is 6. The minimum absolute atomic E-state index is 0.0870. The first-order chi connectivity index (χ1) is 12.5. The molecule has 1 heterocycles. The van der Waals surface area contributed by atoms with E-state index in [0.717, 1.165) is 5.56 Å². The van der Waals surface area contributed by atoms with Gasteiger partial charge >= 0.3 is 0 Å². The number of aromatic hydroxyl groups is 4. The molecule has 0 aromatic heterocycles. The van der Waals surface area contributed by atoms with Gasteiger partial charge < -0.3 is 29.9 Å². The van der Waals surface area contributed by atoms with Gasteiger partial charge in [0.15, 0.2) is 23.4 Å². The molecule has 0 saturated carbocycles. The highest BCUT2D eigenvalue weighted by Crippen LogP contribution is 2.44. The van der Waals surface area contributed by atoms with E-state index >= 15 is 0 Å². The Morgan fingerprint density at radius 3 is 2.48 bits per heavy atom. The zero-order valence-electron chi connectivity index (χ0n) is 15.7. The molecule has 0 spiro atoms. The Hall–Kier alpha value is -2.60. The summed E-state index contributed by atoms with van der Waals surface area (Å²) in [4.78, 5) is 0. The minimum Gasteiger partial charge on any atom is -0.508 e. The molecule has 0 saturated heterocycles. The Kier molecular flexibility index (Phi) is 2.87. The van der Waals surface area contributed by atoms with Crippen molar-refractivity contribution >= 4 is 0 Å². The second kappa shape index (κ2) is 5.55. The average molecular weight is 324 g/mol. The number of hydrogen-bond donors (Lipinski definition) is 4. The number of phenols is 4. The van der Waals surface area contributed by atoms with Crippen LogP contribution in [0.1, 0.15) is 22.8 Å². The number of phenolic OH excluding ortho intramolecular Hbond substituents is 4. The van der Waals surface area contributed by atoms with Crippen molar-refractivity contribution in [3.8, 4) is 28.7 Å². The van der Waals surface area contributed by atoms with Crippen LogP contribution in [0.2, 0.25) is 0 Å². The summed E-state index contributed by atoms with van der Waals surface area (Å²) in [6.07, 6.45) is -0.625. The van der Waals surface area contributed by atoms with Gasteiger partial charge in [0, 0.05) is 24.7 Å². The number of benzene rings is 2. The van der Waals surface area contributed by atoms with Gasteiger partial charge in [-0.3, -0.25) is 0 Å². The van der Waals surface area contributed by atoms with E-state index < -0.39 is 12.2 Å². The molecule has 122 valence electrons. The van der Waals surface area contributed by atoms with Gasteiger partial charge in [-0.25, -0.2) is 0 Å². The molecule has 0 fully saturated rings. The summed E-state index contributed by atoms with van der Waals surface area (Å²) < 4.78 is 32.9. The second-order valence-corrected chi connectivity index (χ2v) is 5.62. The monoisotopic (exact) mass is 324 g/mol. The predicted octanol–water partition coefficient (Wildman–Crippen LogP) is 2.51. The number of fused-ring (bicyclic) bond motifs is 1. The molecule has 2 atom stereocenters. The quantitative estimate of drug-likeness (QED) is 0.631. The van der Waals surface area contributed by atoms with Crippen LogP contribution in [0.25, 0.3) is 0 Å². The third-order valence-corrected chi connectivity index (χ3v) is 4.00. The van der Waals surface area contributed by atoms with Crippen LogP contribution in [0.5, 0.6) is 28.7 Å². The Bertz CT molecular complexity index is 788. The van der Waals surface area contributed by atoms with Gasteiger partial charge in [-0.15, -0.1) is 0 Å². The van der Waals surface area contributed by atoms with E-state index in [2.05, 4.69) is 15.3 Å². The molecular formula is C17H18O6. The van der Waals surface area contributed by atoms with Crippen molar-refractivity contribution in [2.75, 3.05) is 7.11 Å². The van der Waals surface area contributed by atoms with Gasteiger partial charge in [0.05, 0.1) is 0 Å². The molecule has 4 N–H and O–H groups in total. The Balaban J connectivity index is 2.07. The molecule has 0 bridgehead atoms. The Morgan fingerprint density at radius 2 is 1.87 bits per heavy atom. The van der Waals surface area contributed by atoms with Gasteiger partial charge in [-0.1, -0.05) is 0 Å². The summed E-state index contributed by atoms with van der Waals surface area (Å²) in [7, 11) is 1.53. The fourth-order valence-corrected chi connectivity index (χ4v) is 2.85. The molecule has 1 aliphatic rings. The molecular weight excluding hydrogens is 300 g/mol. The lowest BCUT2D eigenvalue weighted by atomic mass is 9.93. The third kappa shape index (κ3) is 2.61. The average Bonchev–Trinajstić information content (AvgIpc) is 2.65. The van der Waals surface area contributed by atoms with Crippen molar-refractivity contribution in [1.82, 2.24) is 0 Å². The molecule has 0 radical (unpaired) electrons. The summed E-state index contributed by atoms with van der Waals surface area (Å²) in [5.74, 6) is 0.316. The largest absolute Gasteiger partial charge is 0.508 e. The predicted molar refractivity (Wildman–Crippen MR) is 82.2 cm³/mol. The zero-order chi connectivity index (χ0) is 18.8. The van der Waals surface area contributed by atoms with Gasteiger partial charge in [0.25, 0.3) is 4.29 Å². The Labute approximate surface area is 137 Å². The first kappa shape index (κ1) is 11.9. The fourth-order valence-electron chi connectivity index (χ4n) is 2.85. The van der Waals surface area contributed by atoms with Crippen LogP contribution in [0.15, 0.2) is 24.3 Å². The van der Waals surface area contributed by atoms with Crippen LogP contribution >= 0.6 is 0 Å². The Morgan fingerprint density at radius 1 is 1.13 bits per heavy atom. The van der Waals surface area contributed by atoms with Crippen LogP contribution in [0.3, 0.4) is 0 Å². The van der Waals surface area contributed by atoms with E-state index in [-0.39, 0.29) is 23.0 Å². The maximum Gasteiger partial charge on any atom is 0.293 e. The molecule has 6 heteroatoms. The summed E-state index contributed by atoms with van der Waals surface area (Å²) >= 11 is 0. The lowest BCUT2D eigenvalue weighted by Crippen LogP contribution is -2.32. The van der Waals surface area contributed by atoms with Crippen LogP contribution in [-0.2, 0) is 11.2 Å². The maximum atomic E-state index is 10.2. The molecule has 6 nitrogen and oxygen atoms in total. The molecule has 3 rings (SSSR count). The number of aryl methyl sites for hydroxylation is 1. The SMILES string of the molecule is [3H]Oc1cc(C2Oc3cc(C)cc(O)c3CC2OC)cc(O[3H])c1O[3H]. The number of rotatable bonds is 5. The van der Waals surface area contributed by atoms with Crippen molar-refractivity contribution in [3.63, 3.8) is 0 Å². The molecule has 23 heavy (non-hydrogen) atoms. The summed E-state index contributed by atoms with van der Waals surface area (Å²) in [6.45, 7) is 1.85. The smallest absolute Gasteiger partial charge is 0.293 e. The normalized spacial score (nSPS) is 21.2. The highest BCUT2D eigenvalue weighted by atomic mass is 16.5. The summed E-state index contributed by atoms with van der Waals surface area (Å²) in [5.41, 5.74) is 2.02. The van der Waals surface area contributed by atoms with Crippen molar-refractivity contribution in [2.24, 2.45) is 0 Å². The van der Waals surface area contributed by atoms with Crippen LogP contribution in [-0.4, -0.2) is 37.9 Å². The van der Waals surface area contributed by atoms with E-state index in [9.17, 15) is 5.11 Å². The lowest BCUT2D eigenvalue weighted by Gasteiger charge is -2.33. The van der Waals surface area contributed by atoms with Gasteiger partial charge in [0.2, 0.25) is 0 Å². The number of ether oxygens (including phenoxy) is 2. The van der Waals surface area contributed by atoms with E-state index in [4.69, 9.17) is 13.8 Å². The second-order valence-electron chi connectivity index (χ2n) is 5.62. The highest BCUT2D eigenvalue weighted by Gasteiger charge is 2.34. The van der Waals surface area contributed by atoms with E-state index in [1.807, 2.05) is 13.0 Å². The summed E-state index contributed by atoms with van der Waals surface area (Å²) in [6, 6.07) is 6.42. The molecule has 2 aromatic carbocycles. The van der Waals surface area contributed by atoms with E-state index in [1.165, 1.54) is 19.2 Å². The molecule has 0 aliphatic carbocycles. The van der Waals surface area contributed by atoms with Crippen molar-refractivity contribution in [3.05, 3.63) is 41.0 Å². The molecule has 2 aromatic rings. The lowest BCUT2D eigenvalue weighted by molar-refractivity contribution is -0.0122. The fraction of sp³-hybridized carbons (Fsp3) is 0.294. The highest BCUT2D eigenvalue weighted by molar-refractivity contribution is 5.53. The standard InChI is InChI=1S/C17H18O6/c1-8-3-11(18)10-7-15(22-2)17(23-14(10)4-8)9-5-12(19)16(21)13(20)6-9/h3-6,15,17-21H,7H2,1-2H3/i/hT3. The first-order valence-electron chi connectivity index (χ1n) is 8.34. The van der Waals surface area contributed by atoms with Gasteiger partial charge in [0.1, 0.15) is 17.6 Å². The van der Waals surface area contributed by atoms with E-state index in [1.54, 1.807) is 6.07 Å².